The lowest BCUT2D eigenvalue weighted by Crippen LogP contribution is -2.18. The van der Waals surface area contributed by atoms with Crippen molar-refractivity contribution in [1.29, 1.82) is 0 Å². The van der Waals surface area contributed by atoms with Crippen molar-refractivity contribution in [1.82, 2.24) is 0 Å². The van der Waals surface area contributed by atoms with Gasteiger partial charge in [-0.15, -0.1) is 0 Å². The van der Waals surface area contributed by atoms with Crippen LogP contribution in [-0.2, 0) is 9.53 Å². The zero-order valence-electron chi connectivity index (χ0n) is 12.5. The molecule has 1 atom stereocenters. The predicted octanol–water partition coefficient (Wildman–Crippen LogP) is 2.78. The average molecular weight is 304 g/mol. The van der Waals surface area contributed by atoms with Gasteiger partial charge in [-0.25, -0.2) is 0 Å². The Morgan fingerprint density at radius 3 is 2.18 bits per heavy atom. The number of rotatable bonds is 6. The van der Waals surface area contributed by atoms with E-state index in [0.29, 0.717) is 17.1 Å². The quantitative estimate of drug-likeness (QED) is 0.603. The van der Waals surface area contributed by atoms with Gasteiger partial charge >= 0.3 is 5.97 Å². The van der Waals surface area contributed by atoms with E-state index in [0.717, 1.165) is 0 Å². The molecule has 1 heterocycles. The first-order valence-electron chi connectivity index (χ1n) is 6.53. The molecule has 22 heavy (non-hydrogen) atoms. The summed E-state index contributed by atoms with van der Waals surface area (Å²) in [7, 11) is 2.99. The minimum absolute atomic E-state index is 0.105. The van der Waals surface area contributed by atoms with Crippen molar-refractivity contribution in [2.75, 3.05) is 14.2 Å². The van der Waals surface area contributed by atoms with Crippen LogP contribution in [-0.4, -0.2) is 26.0 Å². The molecule has 0 radical (unpaired) electrons. The maximum atomic E-state index is 12.5. The fourth-order valence-corrected chi connectivity index (χ4v) is 1.97. The highest BCUT2D eigenvalue weighted by Gasteiger charge is 2.28. The highest BCUT2D eigenvalue weighted by Crippen LogP contribution is 2.30. The molecule has 116 valence electrons. The van der Waals surface area contributed by atoms with Crippen LogP contribution in [0.1, 0.15) is 29.1 Å². The second kappa shape index (κ2) is 6.80. The van der Waals surface area contributed by atoms with E-state index in [1.165, 1.54) is 33.5 Å². The third-order valence-corrected chi connectivity index (χ3v) is 2.96. The van der Waals surface area contributed by atoms with Crippen LogP contribution in [0.2, 0.25) is 0 Å². The lowest BCUT2D eigenvalue weighted by atomic mass is 10.0. The molecule has 0 amide bonds. The van der Waals surface area contributed by atoms with E-state index in [1.54, 1.807) is 24.3 Å². The molecule has 6 heteroatoms. The summed E-state index contributed by atoms with van der Waals surface area (Å²) in [5, 5.41) is 0. The zero-order valence-corrected chi connectivity index (χ0v) is 12.5. The number of carbonyl (C=O) groups excluding carboxylic acids is 2. The van der Waals surface area contributed by atoms with Crippen LogP contribution in [0.3, 0.4) is 0 Å². The Labute approximate surface area is 127 Å². The SMILES string of the molecule is COc1cc(OC)cc(C(OC(C)=O)C(=O)c2ccco2)c1. The van der Waals surface area contributed by atoms with Gasteiger partial charge in [0.1, 0.15) is 11.5 Å². The van der Waals surface area contributed by atoms with Crippen LogP contribution in [0.15, 0.2) is 41.0 Å². The van der Waals surface area contributed by atoms with Crippen LogP contribution < -0.4 is 9.47 Å². The molecule has 0 fully saturated rings. The van der Waals surface area contributed by atoms with E-state index >= 15 is 0 Å². The van der Waals surface area contributed by atoms with Crippen LogP contribution in [0.4, 0.5) is 0 Å². The van der Waals surface area contributed by atoms with E-state index in [-0.39, 0.29) is 5.76 Å². The Morgan fingerprint density at radius 1 is 1.09 bits per heavy atom. The Hall–Kier alpha value is -2.76. The Balaban J connectivity index is 2.45. The second-order valence-corrected chi connectivity index (χ2v) is 4.48. The second-order valence-electron chi connectivity index (χ2n) is 4.48. The van der Waals surface area contributed by atoms with Crippen LogP contribution in [0.5, 0.6) is 11.5 Å². The molecule has 0 bridgehead atoms. The summed E-state index contributed by atoms with van der Waals surface area (Å²) in [6.07, 6.45) is 0.247. The molecule has 1 unspecified atom stereocenters. The number of hydrogen-bond donors (Lipinski definition) is 0. The van der Waals surface area contributed by atoms with Gasteiger partial charge in [0.25, 0.3) is 0 Å². The standard InChI is InChI=1S/C16H16O6/c1-10(17)22-16(15(18)14-5-4-6-21-14)11-7-12(19-2)9-13(8-11)20-3/h4-9,16H,1-3H3. The molecule has 0 spiro atoms. The van der Waals surface area contributed by atoms with Gasteiger partial charge < -0.3 is 18.6 Å². The van der Waals surface area contributed by atoms with Crippen LogP contribution >= 0.6 is 0 Å². The van der Waals surface area contributed by atoms with Gasteiger partial charge in [-0.1, -0.05) is 0 Å². The molecular formula is C16H16O6. The number of ether oxygens (including phenoxy) is 3. The lowest BCUT2D eigenvalue weighted by molar-refractivity contribution is -0.144. The third kappa shape index (κ3) is 3.46. The summed E-state index contributed by atoms with van der Waals surface area (Å²) < 4.78 is 20.6. The van der Waals surface area contributed by atoms with Crippen molar-refractivity contribution in [2.24, 2.45) is 0 Å². The first-order chi connectivity index (χ1) is 10.5. The van der Waals surface area contributed by atoms with E-state index in [9.17, 15) is 9.59 Å². The Morgan fingerprint density at radius 2 is 1.73 bits per heavy atom. The molecular weight excluding hydrogens is 288 g/mol. The number of methoxy groups -OCH3 is 2. The van der Waals surface area contributed by atoms with Crippen molar-refractivity contribution in [3.05, 3.63) is 47.9 Å². The monoisotopic (exact) mass is 304 g/mol. The number of esters is 1. The maximum absolute atomic E-state index is 12.5. The van der Waals surface area contributed by atoms with Gasteiger partial charge in [-0.05, 0) is 24.3 Å². The van der Waals surface area contributed by atoms with E-state index in [1.807, 2.05) is 0 Å². The highest BCUT2D eigenvalue weighted by atomic mass is 16.5. The van der Waals surface area contributed by atoms with Crippen molar-refractivity contribution in [3.63, 3.8) is 0 Å². The summed E-state index contributed by atoms with van der Waals surface area (Å²) in [6.45, 7) is 1.24. The van der Waals surface area contributed by atoms with E-state index in [2.05, 4.69) is 0 Å². The predicted molar refractivity (Wildman–Crippen MR) is 77.1 cm³/mol. The number of benzene rings is 1. The molecule has 0 saturated carbocycles. The highest BCUT2D eigenvalue weighted by molar-refractivity contribution is 5.98. The molecule has 0 aliphatic carbocycles. The van der Waals surface area contributed by atoms with E-state index in [4.69, 9.17) is 18.6 Å². The number of hydrogen-bond acceptors (Lipinski definition) is 6. The van der Waals surface area contributed by atoms with E-state index < -0.39 is 17.9 Å². The molecule has 0 aliphatic heterocycles. The molecule has 0 aliphatic rings. The van der Waals surface area contributed by atoms with Crippen molar-refractivity contribution in [2.45, 2.75) is 13.0 Å². The fourth-order valence-electron chi connectivity index (χ4n) is 1.97. The van der Waals surface area contributed by atoms with Crippen molar-refractivity contribution in [3.8, 4) is 11.5 Å². The van der Waals surface area contributed by atoms with Gasteiger partial charge in [0, 0.05) is 18.6 Å². The van der Waals surface area contributed by atoms with Crippen molar-refractivity contribution >= 4 is 11.8 Å². The number of carbonyl (C=O) groups is 2. The third-order valence-electron chi connectivity index (χ3n) is 2.96. The maximum Gasteiger partial charge on any atom is 0.303 e. The average Bonchev–Trinajstić information content (AvgIpc) is 3.05. The Bertz CT molecular complexity index is 637. The number of ketones is 1. The first-order valence-corrected chi connectivity index (χ1v) is 6.53. The molecule has 2 rings (SSSR count). The summed E-state index contributed by atoms with van der Waals surface area (Å²) >= 11 is 0. The number of furan rings is 1. The summed E-state index contributed by atoms with van der Waals surface area (Å²) in [6, 6.07) is 7.97. The fraction of sp³-hybridized carbons (Fsp3) is 0.250. The van der Waals surface area contributed by atoms with Gasteiger partial charge in [-0.3, -0.25) is 9.59 Å². The summed E-state index contributed by atoms with van der Waals surface area (Å²) in [5.41, 5.74) is 0.438. The molecule has 2 aromatic rings. The Kier molecular flexibility index (Phi) is 4.83. The van der Waals surface area contributed by atoms with Gasteiger partial charge in [0.2, 0.25) is 5.78 Å². The molecule has 1 aromatic heterocycles. The minimum Gasteiger partial charge on any atom is -0.497 e. The largest absolute Gasteiger partial charge is 0.497 e. The van der Waals surface area contributed by atoms with Crippen LogP contribution in [0.25, 0.3) is 0 Å². The molecule has 1 aromatic carbocycles. The smallest absolute Gasteiger partial charge is 0.303 e. The van der Waals surface area contributed by atoms with Gasteiger partial charge in [0.15, 0.2) is 11.9 Å². The van der Waals surface area contributed by atoms with Gasteiger partial charge in [-0.2, -0.15) is 0 Å². The summed E-state index contributed by atoms with van der Waals surface area (Å²) in [4.78, 5) is 23.8. The zero-order chi connectivity index (χ0) is 16.1. The first kappa shape index (κ1) is 15.6. The number of Topliss-reactive ketones (excluding diaryl/α,β-unsaturated/α-hetero) is 1. The van der Waals surface area contributed by atoms with Crippen LogP contribution in [0, 0.1) is 0 Å². The van der Waals surface area contributed by atoms with Gasteiger partial charge in [0.05, 0.1) is 20.5 Å². The molecule has 0 N–H and O–H groups in total. The topological polar surface area (TPSA) is 75.0 Å². The normalized spacial score (nSPS) is 11.6. The lowest BCUT2D eigenvalue weighted by Gasteiger charge is -2.17. The summed E-state index contributed by atoms with van der Waals surface area (Å²) in [5.74, 6) is 0.0349. The van der Waals surface area contributed by atoms with Crippen molar-refractivity contribution < 1.29 is 28.2 Å². The molecule has 6 nitrogen and oxygen atoms in total. The molecule has 0 saturated heterocycles. The minimum atomic E-state index is -1.13.